The van der Waals surface area contributed by atoms with Gasteiger partial charge in [-0.1, -0.05) is 11.6 Å². The second kappa shape index (κ2) is 3.79. The fraction of sp³-hybridized carbons (Fsp3) is 0.143. The Hall–Kier alpha value is 0.260. The molecule has 0 nitrogen and oxygen atoms in total. The van der Waals surface area contributed by atoms with Crippen LogP contribution >= 0.6 is 43.5 Å². The summed E-state index contributed by atoms with van der Waals surface area (Å²) in [5.41, 5.74) is -0.771. The van der Waals surface area contributed by atoms with E-state index in [4.69, 9.17) is 11.6 Å². The van der Waals surface area contributed by atoms with Gasteiger partial charge in [0.15, 0.2) is 0 Å². The summed E-state index contributed by atoms with van der Waals surface area (Å²) in [4.78, 5) is 0. The molecule has 0 aliphatic carbocycles. The van der Waals surface area contributed by atoms with Gasteiger partial charge >= 0.3 is 6.18 Å². The Labute approximate surface area is 94.3 Å². The normalized spacial score (nSPS) is 11.8. The molecule has 0 atom stereocenters. The van der Waals surface area contributed by atoms with Crippen molar-refractivity contribution in [1.82, 2.24) is 0 Å². The lowest BCUT2D eigenvalue weighted by Gasteiger charge is -2.08. The molecule has 1 aromatic carbocycles. The maximum atomic E-state index is 12.2. The quantitative estimate of drug-likeness (QED) is 0.591. The Morgan fingerprint density at radius 2 is 1.69 bits per heavy atom. The van der Waals surface area contributed by atoms with Crippen LogP contribution in [0.4, 0.5) is 13.2 Å². The van der Waals surface area contributed by atoms with E-state index in [2.05, 4.69) is 31.9 Å². The second-order valence-corrected chi connectivity index (χ2v) is 4.31. The van der Waals surface area contributed by atoms with Crippen LogP contribution in [-0.2, 0) is 6.18 Å². The van der Waals surface area contributed by atoms with Crippen molar-refractivity contribution < 1.29 is 13.2 Å². The lowest BCUT2D eigenvalue weighted by molar-refractivity contribution is -0.137. The number of halogens is 6. The maximum Gasteiger partial charge on any atom is 0.416 e. The molecule has 0 aliphatic rings. The molecule has 0 aromatic heterocycles. The molecule has 13 heavy (non-hydrogen) atoms. The molecule has 0 bridgehead atoms. The monoisotopic (exact) mass is 336 g/mol. The summed E-state index contributed by atoms with van der Waals surface area (Å²) in [7, 11) is 0. The zero-order valence-corrected chi connectivity index (χ0v) is 9.85. The van der Waals surface area contributed by atoms with Crippen LogP contribution in [0.5, 0.6) is 0 Å². The van der Waals surface area contributed by atoms with Crippen LogP contribution in [0.25, 0.3) is 0 Å². The summed E-state index contributed by atoms with van der Waals surface area (Å²) in [5.74, 6) is 0. The average molecular weight is 338 g/mol. The average Bonchev–Trinajstić information content (AvgIpc) is 1.97. The summed E-state index contributed by atoms with van der Waals surface area (Å²) in [6.07, 6.45) is -4.37. The van der Waals surface area contributed by atoms with Crippen molar-refractivity contribution >= 4 is 43.5 Å². The van der Waals surface area contributed by atoms with Gasteiger partial charge in [0, 0.05) is 4.47 Å². The molecule has 0 radical (unpaired) electrons. The van der Waals surface area contributed by atoms with Crippen LogP contribution in [0.1, 0.15) is 5.56 Å². The van der Waals surface area contributed by atoms with Crippen molar-refractivity contribution in [2.75, 3.05) is 0 Å². The highest BCUT2D eigenvalue weighted by atomic mass is 79.9. The van der Waals surface area contributed by atoms with Crippen molar-refractivity contribution in [2.24, 2.45) is 0 Å². The van der Waals surface area contributed by atoms with Gasteiger partial charge in [0.1, 0.15) is 0 Å². The number of hydrogen-bond donors (Lipinski definition) is 0. The van der Waals surface area contributed by atoms with Crippen LogP contribution in [0, 0.1) is 0 Å². The highest BCUT2D eigenvalue weighted by Gasteiger charge is 2.31. The van der Waals surface area contributed by atoms with Crippen LogP contribution in [0.2, 0.25) is 5.02 Å². The van der Waals surface area contributed by atoms with Crippen LogP contribution in [0.3, 0.4) is 0 Å². The molecule has 0 fully saturated rings. The predicted octanol–water partition coefficient (Wildman–Crippen LogP) is 4.88. The summed E-state index contributed by atoms with van der Waals surface area (Å²) < 4.78 is 37.3. The Morgan fingerprint density at radius 1 is 1.15 bits per heavy atom. The largest absolute Gasteiger partial charge is 0.416 e. The number of benzene rings is 1. The smallest absolute Gasteiger partial charge is 0.166 e. The molecule has 0 N–H and O–H groups in total. The molecule has 72 valence electrons. The van der Waals surface area contributed by atoms with Crippen LogP contribution < -0.4 is 0 Å². The van der Waals surface area contributed by atoms with Gasteiger partial charge in [-0.2, -0.15) is 13.2 Å². The Kier molecular flexibility index (Phi) is 3.30. The van der Waals surface area contributed by atoms with Gasteiger partial charge in [-0.05, 0) is 44.0 Å². The van der Waals surface area contributed by atoms with Gasteiger partial charge in [-0.3, -0.25) is 0 Å². The third-order valence-corrected chi connectivity index (χ3v) is 3.85. The first-order valence-electron chi connectivity index (χ1n) is 3.04. The summed E-state index contributed by atoms with van der Waals surface area (Å²) >= 11 is 11.5. The van der Waals surface area contributed by atoms with Crippen LogP contribution in [-0.4, -0.2) is 0 Å². The van der Waals surface area contributed by atoms with E-state index in [-0.39, 0.29) is 9.50 Å². The van der Waals surface area contributed by atoms with Gasteiger partial charge in [0.05, 0.1) is 15.1 Å². The Balaban J connectivity index is 3.29. The third-order valence-electron chi connectivity index (χ3n) is 1.31. The van der Waals surface area contributed by atoms with Crippen molar-refractivity contribution in [2.45, 2.75) is 6.18 Å². The molecule has 0 heterocycles. The number of hydrogen-bond acceptors (Lipinski definition) is 0. The first kappa shape index (κ1) is 11.3. The first-order valence-corrected chi connectivity index (χ1v) is 5.00. The van der Waals surface area contributed by atoms with E-state index in [1.165, 1.54) is 0 Å². The van der Waals surface area contributed by atoms with E-state index < -0.39 is 11.7 Å². The van der Waals surface area contributed by atoms with E-state index in [9.17, 15) is 13.2 Å². The minimum absolute atomic E-state index is 0.0294. The molecule has 0 saturated carbocycles. The molecule has 6 heteroatoms. The minimum atomic E-state index is -4.37. The van der Waals surface area contributed by atoms with E-state index in [1.807, 2.05) is 0 Å². The topological polar surface area (TPSA) is 0 Å². The molecular formula is C7H2Br2ClF3. The van der Waals surface area contributed by atoms with Crippen molar-refractivity contribution in [3.8, 4) is 0 Å². The van der Waals surface area contributed by atoms with Gasteiger partial charge in [0.2, 0.25) is 0 Å². The van der Waals surface area contributed by atoms with Crippen molar-refractivity contribution in [3.63, 3.8) is 0 Å². The summed E-state index contributed by atoms with van der Waals surface area (Å²) in [6, 6.07) is 1.84. The van der Waals surface area contributed by atoms with E-state index in [0.717, 1.165) is 12.1 Å². The molecular weight excluding hydrogens is 336 g/mol. The molecule has 0 spiro atoms. The van der Waals surface area contributed by atoms with E-state index >= 15 is 0 Å². The van der Waals surface area contributed by atoms with Gasteiger partial charge in [-0.25, -0.2) is 0 Å². The number of rotatable bonds is 0. The molecule has 0 aliphatic heterocycles. The highest BCUT2D eigenvalue weighted by molar-refractivity contribution is 9.13. The Morgan fingerprint density at radius 3 is 2.08 bits per heavy atom. The zero-order valence-electron chi connectivity index (χ0n) is 5.92. The minimum Gasteiger partial charge on any atom is -0.166 e. The molecule has 1 aromatic rings. The van der Waals surface area contributed by atoms with Crippen molar-refractivity contribution in [3.05, 3.63) is 31.7 Å². The second-order valence-electron chi connectivity index (χ2n) is 2.25. The van der Waals surface area contributed by atoms with Gasteiger partial charge in [-0.15, -0.1) is 0 Å². The summed E-state index contributed by atoms with van der Waals surface area (Å²) in [5, 5.41) is 0.0294. The third kappa shape index (κ3) is 2.60. The molecule has 1 rings (SSSR count). The zero-order chi connectivity index (χ0) is 10.2. The molecule has 0 amide bonds. The predicted molar refractivity (Wildman–Crippen MR) is 51.9 cm³/mol. The fourth-order valence-electron chi connectivity index (χ4n) is 0.719. The highest BCUT2D eigenvalue weighted by Crippen LogP contribution is 2.38. The van der Waals surface area contributed by atoms with E-state index in [0.29, 0.717) is 4.47 Å². The lowest BCUT2D eigenvalue weighted by Crippen LogP contribution is -2.04. The lowest BCUT2D eigenvalue weighted by atomic mass is 10.2. The van der Waals surface area contributed by atoms with Gasteiger partial charge < -0.3 is 0 Å². The SMILES string of the molecule is FC(F)(F)c1cc(Cl)c(Br)c(Br)c1. The molecule has 0 unspecified atom stereocenters. The van der Waals surface area contributed by atoms with E-state index in [1.54, 1.807) is 0 Å². The van der Waals surface area contributed by atoms with Gasteiger partial charge in [0.25, 0.3) is 0 Å². The Bertz CT molecular complexity index is 312. The summed E-state index contributed by atoms with van der Waals surface area (Å²) in [6.45, 7) is 0. The maximum absolute atomic E-state index is 12.2. The van der Waals surface area contributed by atoms with Crippen molar-refractivity contribution in [1.29, 1.82) is 0 Å². The standard InChI is InChI=1S/C7H2Br2ClF3/c8-4-1-3(7(11,12)13)2-5(10)6(4)9/h1-2H. The first-order chi connectivity index (χ1) is 5.82. The number of alkyl halides is 3. The molecule has 0 saturated heterocycles. The van der Waals surface area contributed by atoms with Crippen LogP contribution in [0.15, 0.2) is 21.1 Å². The fourth-order valence-corrected chi connectivity index (χ4v) is 1.74.